The first-order valence-corrected chi connectivity index (χ1v) is 7.57. The van der Waals surface area contributed by atoms with Crippen LogP contribution in [-0.4, -0.2) is 18.7 Å². The molecule has 0 aromatic heterocycles. The van der Waals surface area contributed by atoms with E-state index in [4.69, 9.17) is 4.74 Å². The molecule has 0 saturated heterocycles. The Hall–Kier alpha value is -2.20. The summed E-state index contributed by atoms with van der Waals surface area (Å²) in [6.45, 7) is 1.84. The van der Waals surface area contributed by atoms with Gasteiger partial charge in [-0.25, -0.2) is 0 Å². The van der Waals surface area contributed by atoms with Crippen LogP contribution >= 0.6 is 15.9 Å². The van der Waals surface area contributed by atoms with Crippen LogP contribution in [0.25, 0.3) is 5.57 Å². The molecule has 1 aliphatic carbocycles. The van der Waals surface area contributed by atoms with Crippen molar-refractivity contribution < 1.29 is 14.3 Å². The molecule has 0 heterocycles. The summed E-state index contributed by atoms with van der Waals surface area (Å²) >= 11 is 3.31. The second-order valence-electron chi connectivity index (χ2n) is 5.07. The minimum atomic E-state index is -0.163. The van der Waals surface area contributed by atoms with Crippen molar-refractivity contribution in [3.8, 4) is 5.75 Å². The molecule has 0 saturated carbocycles. The monoisotopic (exact) mass is 356 g/mol. The van der Waals surface area contributed by atoms with E-state index in [9.17, 15) is 9.59 Å². The van der Waals surface area contributed by atoms with Gasteiger partial charge in [-0.1, -0.05) is 30.3 Å². The van der Waals surface area contributed by atoms with Crippen LogP contribution in [0.1, 0.15) is 31.8 Å². The molecular weight excluding hydrogens is 344 g/mol. The van der Waals surface area contributed by atoms with Crippen LogP contribution in [0.5, 0.6) is 5.75 Å². The van der Waals surface area contributed by atoms with E-state index in [1.807, 2.05) is 13.0 Å². The van der Waals surface area contributed by atoms with Crippen molar-refractivity contribution in [1.82, 2.24) is 0 Å². The number of allylic oxidation sites excluding steroid dienone is 2. The zero-order chi connectivity index (χ0) is 15.9. The van der Waals surface area contributed by atoms with Crippen LogP contribution in [0.2, 0.25) is 0 Å². The van der Waals surface area contributed by atoms with Gasteiger partial charge in [0.15, 0.2) is 5.78 Å². The Labute approximate surface area is 136 Å². The molecule has 3 rings (SSSR count). The fourth-order valence-electron chi connectivity index (χ4n) is 2.63. The van der Waals surface area contributed by atoms with Crippen molar-refractivity contribution in [2.45, 2.75) is 6.92 Å². The molecule has 0 bridgehead atoms. The summed E-state index contributed by atoms with van der Waals surface area (Å²) in [7, 11) is 1.58. The molecular formula is C18H13BrO3. The van der Waals surface area contributed by atoms with Gasteiger partial charge in [0.25, 0.3) is 0 Å². The summed E-state index contributed by atoms with van der Waals surface area (Å²) < 4.78 is 5.43. The molecule has 2 aromatic carbocycles. The van der Waals surface area contributed by atoms with Gasteiger partial charge in [-0.05, 0) is 46.1 Å². The van der Waals surface area contributed by atoms with Crippen LogP contribution < -0.4 is 4.74 Å². The molecule has 0 aliphatic heterocycles. The molecule has 0 radical (unpaired) electrons. The quantitative estimate of drug-likeness (QED) is 0.810. The number of Topliss-reactive ketones (excluding diaryl/α,β-unsaturated/α-hetero) is 2. The first kappa shape index (κ1) is 14.7. The molecule has 0 N–H and O–H groups in total. The number of hydrogen-bond acceptors (Lipinski definition) is 3. The summed E-state index contributed by atoms with van der Waals surface area (Å²) in [5.74, 6) is 0.403. The Balaban J connectivity index is 2.19. The average molecular weight is 357 g/mol. The fourth-order valence-corrected chi connectivity index (χ4v) is 3.25. The van der Waals surface area contributed by atoms with Crippen LogP contribution in [0.4, 0.5) is 0 Å². The van der Waals surface area contributed by atoms with E-state index in [-0.39, 0.29) is 11.6 Å². The third-order valence-corrected chi connectivity index (χ3v) is 4.53. The number of methoxy groups -OCH3 is 1. The maximum Gasteiger partial charge on any atom is 0.201 e. The number of ketones is 2. The lowest BCUT2D eigenvalue weighted by atomic mass is 9.84. The average Bonchev–Trinajstić information content (AvgIpc) is 2.53. The van der Waals surface area contributed by atoms with Gasteiger partial charge in [-0.15, -0.1) is 0 Å². The second kappa shape index (κ2) is 5.54. The number of fused-ring (bicyclic) bond motifs is 1. The van der Waals surface area contributed by atoms with E-state index >= 15 is 0 Å². The Morgan fingerprint density at radius 3 is 2.27 bits per heavy atom. The van der Waals surface area contributed by atoms with Crippen LogP contribution in [-0.2, 0) is 0 Å². The SMILES string of the molecule is COc1ccc(C2=C(Br)C(=O)c3cccc(C)c3C2=O)cc1. The van der Waals surface area contributed by atoms with Crippen molar-refractivity contribution in [2.75, 3.05) is 7.11 Å². The number of carbonyl (C=O) groups excluding carboxylic acids is 2. The van der Waals surface area contributed by atoms with Gasteiger partial charge in [-0.3, -0.25) is 9.59 Å². The molecule has 0 fully saturated rings. The zero-order valence-electron chi connectivity index (χ0n) is 12.1. The third kappa shape index (κ3) is 2.20. The molecule has 4 heteroatoms. The molecule has 0 unspecified atom stereocenters. The van der Waals surface area contributed by atoms with E-state index in [0.29, 0.717) is 32.5 Å². The molecule has 0 atom stereocenters. The molecule has 1 aliphatic rings. The number of aryl methyl sites for hydroxylation is 1. The van der Waals surface area contributed by atoms with Gasteiger partial charge < -0.3 is 4.74 Å². The van der Waals surface area contributed by atoms with E-state index in [2.05, 4.69) is 15.9 Å². The minimum Gasteiger partial charge on any atom is -0.497 e. The minimum absolute atomic E-state index is 0.134. The summed E-state index contributed by atoms with van der Waals surface area (Å²) in [6, 6.07) is 12.4. The van der Waals surface area contributed by atoms with Crippen LogP contribution in [0.3, 0.4) is 0 Å². The Bertz CT molecular complexity index is 817. The zero-order valence-corrected chi connectivity index (χ0v) is 13.7. The summed E-state index contributed by atoms with van der Waals surface area (Å²) in [4.78, 5) is 25.4. The molecule has 2 aromatic rings. The maximum atomic E-state index is 12.9. The van der Waals surface area contributed by atoms with Crippen molar-refractivity contribution >= 4 is 33.1 Å². The highest BCUT2D eigenvalue weighted by Gasteiger charge is 2.32. The van der Waals surface area contributed by atoms with Crippen LogP contribution in [0.15, 0.2) is 46.9 Å². The Morgan fingerprint density at radius 1 is 0.955 bits per heavy atom. The first-order valence-electron chi connectivity index (χ1n) is 6.77. The lowest BCUT2D eigenvalue weighted by Gasteiger charge is -2.20. The van der Waals surface area contributed by atoms with E-state index in [1.165, 1.54) is 0 Å². The van der Waals surface area contributed by atoms with E-state index in [0.717, 1.165) is 5.56 Å². The molecule has 0 amide bonds. The highest BCUT2D eigenvalue weighted by atomic mass is 79.9. The van der Waals surface area contributed by atoms with Crippen molar-refractivity contribution in [3.05, 3.63) is 69.2 Å². The lowest BCUT2D eigenvalue weighted by Crippen LogP contribution is -2.20. The van der Waals surface area contributed by atoms with Gasteiger partial charge in [-0.2, -0.15) is 0 Å². The predicted octanol–water partition coefficient (Wildman–Crippen LogP) is 4.19. The lowest BCUT2D eigenvalue weighted by molar-refractivity contribution is 0.0998. The highest BCUT2D eigenvalue weighted by molar-refractivity contribution is 9.12. The normalized spacial score (nSPS) is 14.1. The number of ether oxygens (including phenoxy) is 1. The number of halogens is 1. The summed E-state index contributed by atoms with van der Waals surface area (Å²) in [5.41, 5.74) is 2.84. The second-order valence-corrected chi connectivity index (χ2v) is 5.87. The summed E-state index contributed by atoms with van der Waals surface area (Å²) in [6.07, 6.45) is 0. The number of carbonyl (C=O) groups is 2. The standard InChI is InChI=1S/C18H13BrO3/c1-10-4-3-5-13-14(10)18(21)15(16(19)17(13)20)11-6-8-12(22-2)9-7-11/h3-9H,1-2H3. The van der Waals surface area contributed by atoms with E-state index < -0.39 is 0 Å². The van der Waals surface area contributed by atoms with Gasteiger partial charge in [0, 0.05) is 16.7 Å². The summed E-state index contributed by atoms with van der Waals surface area (Å²) in [5, 5.41) is 0. The van der Waals surface area contributed by atoms with Gasteiger partial charge in [0.2, 0.25) is 5.78 Å². The third-order valence-electron chi connectivity index (χ3n) is 3.77. The molecule has 0 spiro atoms. The fraction of sp³-hybridized carbons (Fsp3) is 0.111. The first-order chi connectivity index (χ1) is 10.5. The Kier molecular flexibility index (Phi) is 3.71. The van der Waals surface area contributed by atoms with E-state index in [1.54, 1.807) is 43.5 Å². The van der Waals surface area contributed by atoms with Crippen molar-refractivity contribution in [3.63, 3.8) is 0 Å². The molecule has 110 valence electrons. The maximum absolute atomic E-state index is 12.9. The molecule has 3 nitrogen and oxygen atoms in total. The number of benzene rings is 2. The smallest absolute Gasteiger partial charge is 0.201 e. The molecule has 22 heavy (non-hydrogen) atoms. The van der Waals surface area contributed by atoms with Crippen molar-refractivity contribution in [2.24, 2.45) is 0 Å². The topological polar surface area (TPSA) is 43.4 Å². The number of hydrogen-bond donors (Lipinski definition) is 0. The Morgan fingerprint density at radius 2 is 1.64 bits per heavy atom. The predicted molar refractivity (Wildman–Crippen MR) is 88.7 cm³/mol. The van der Waals surface area contributed by atoms with Gasteiger partial charge >= 0.3 is 0 Å². The highest BCUT2D eigenvalue weighted by Crippen LogP contribution is 2.36. The number of rotatable bonds is 2. The largest absolute Gasteiger partial charge is 0.497 e. The van der Waals surface area contributed by atoms with Crippen molar-refractivity contribution in [1.29, 1.82) is 0 Å². The van der Waals surface area contributed by atoms with Crippen LogP contribution in [0, 0.1) is 6.92 Å². The van der Waals surface area contributed by atoms with Gasteiger partial charge in [0.05, 0.1) is 11.6 Å². The van der Waals surface area contributed by atoms with Gasteiger partial charge in [0.1, 0.15) is 5.75 Å².